The molecule has 4 nitrogen and oxygen atoms in total. The van der Waals surface area contributed by atoms with Gasteiger partial charge < -0.3 is 10.1 Å². The predicted molar refractivity (Wildman–Crippen MR) is 62.0 cm³/mol. The van der Waals surface area contributed by atoms with Gasteiger partial charge in [0.2, 0.25) is 0 Å². The Balaban J connectivity index is 2.27. The van der Waals surface area contributed by atoms with Crippen molar-refractivity contribution in [3.63, 3.8) is 0 Å². The van der Waals surface area contributed by atoms with Crippen molar-refractivity contribution < 1.29 is 9.53 Å². The summed E-state index contributed by atoms with van der Waals surface area (Å²) in [5.74, 6) is 5.89. The van der Waals surface area contributed by atoms with Crippen molar-refractivity contribution in [2.45, 2.75) is 13.0 Å². The summed E-state index contributed by atoms with van der Waals surface area (Å²) in [5, 5.41) is 2.31. The van der Waals surface area contributed by atoms with Gasteiger partial charge in [0, 0.05) is 19.6 Å². The highest BCUT2D eigenvalue weighted by atomic mass is 32.1. The van der Waals surface area contributed by atoms with Crippen LogP contribution in [0.4, 0.5) is 4.79 Å². The van der Waals surface area contributed by atoms with E-state index in [2.05, 4.69) is 34.7 Å². The van der Waals surface area contributed by atoms with Gasteiger partial charge in [-0.15, -0.1) is 5.92 Å². The third-order valence-corrected chi connectivity index (χ3v) is 2.34. The number of nitrogens with one attached hydrogen (secondary N) is 1. The summed E-state index contributed by atoms with van der Waals surface area (Å²) >= 11 is 3.64. The molecule has 0 radical (unpaired) electrons. The van der Waals surface area contributed by atoms with Crippen molar-refractivity contribution in [1.29, 1.82) is 0 Å². The average molecular weight is 228 g/mol. The third kappa shape index (κ3) is 5.07. The lowest BCUT2D eigenvalue weighted by atomic mass is 10.2. The minimum absolute atomic E-state index is 0.0495. The van der Waals surface area contributed by atoms with Crippen LogP contribution < -0.4 is 5.32 Å². The molecule has 1 atom stereocenters. The number of morpholine rings is 1. The van der Waals surface area contributed by atoms with Gasteiger partial charge in [-0.3, -0.25) is 9.69 Å². The van der Waals surface area contributed by atoms with E-state index in [-0.39, 0.29) is 11.3 Å². The smallest absolute Gasteiger partial charge is 0.276 e. The Hall–Kier alpha value is -0.700. The molecule has 0 aromatic rings. The monoisotopic (exact) mass is 228 g/mol. The maximum Gasteiger partial charge on any atom is 0.276 e. The Morgan fingerprint density at radius 2 is 2.53 bits per heavy atom. The van der Waals surface area contributed by atoms with Crippen LogP contribution in [0.2, 0.25) is 0 Å². The fourth-order valence-corrected chi connectivity index (χ4v) is 1.53. The van der Waals surface area contributed by atoms with Crippen LogP contribution in [0.25, 0.3) is 0 Å². The molecule has 0 unspecified atom stereocenters. The average Bonchev–Trinajstić information content (AvgIpc) is 2.24. The number of carbonyl (C=O) groups excluding carboxylic acids is 1. The number of carbonyl (C=O) groups is 1. The van der Waals surface area contributed by atoms with E-state index in [0.717, 1.165) is 19.6 Å². The van der Waals surface area contributed by atoms with Gasteiger partial charge in [-0.25, -0.2) is 0 Å². The Morgan fingerprint density at radius 1 is 1.73 bits per heavy atom. The van der Waals surface area contributed by atoms with Crippen LogP contribution in [0.15, 0.2) is 0 Å². The van der Waals surface area contributed by atoms with Crippen LogP contribution in [0, 0.1) is 11.8 Å². The molecule has 1 heterocycles. The summed E-state index contributed by atoms with van der Waals surface area (Å²) in [6, 6.07) is 0. The maximum atomic E-state index is 10.6. The molecule has 0 saturated carbocycles. The largest absolute Gasteiger partial charge is 0.374 e. The second kappa shape index (κ2) is 6.72. The van der Waals surface area contributed by atoms with Crippen LogP contribution in [-0.4, -0.2) is 49.0 Å². The lowest BCUT2D eigenvalue weighted by Crippen LogP contribution is -2.47. The molecule has 0 spiro atoms. The van der Waals surface area contributed by atoms with E-state index >= 15 is 0 Å². The molecule has 84 valence electrons. The molecule has 1 aliphatic heterocycles. The zero-order valence-electron chi connectivity index (χ0n) is 8.82. The van der Waals surface area contributed by atoms with Gasteiger partial charge in [0.05, 0.1) is 19.3 Å². The molecule has 1 saturated heterocycles. The highest BCUT2D eigenvalue weighted by Gasteiger charge is 2.19. The molecule has 0 bridgehead atoms. The van der Waals surface area contributed by atoms with Crippen LogP contribution in [0.1, 0.15) is 6.92 Å². The molecule has 1 fully saturated rings. The first-order valence-electron chi connectivity index (χ1n) is 4.92. The van der Waals surface area contributed by atoms with Crippen molar-refractivity contribution in [3.8, 4) is 11.8 Å². The van der Waals surface area contributed by atoms with E-state index in [1.807, 2.05) is 6.92 Å². The number of nitrogens with zero attached hydrogens (tertiary/aromatic N) is 1. The van der Waals surface area contributed by atoms with Gasteiger partial charge in [0.15, 0.2) is 0 Å². The number of ether oxygens (including phenoxy) is 1. The zero-order valence-corrected chi connectivity index (χ0v) is 9.72. The number of hydrogen-bond donors (Lipinski definition) is 2. The van der Waals surface area contributed by atoms with Crippen molar-refractivity contribution in [1.82, 2.24) is 10.2 Å². The van der Waals surface area contributed by atoms with Crippen LogP contribution >= 0.6 is 12.6 Å². The summed E-state index contributed by atoms with van der Waals surface area (Å²) < 4.78 is 5.50. The lowest BCUT2D eigenvalue weighted by molar-refractivity contribution is -0.0208. The van der Waals surface area contributed by atoms with Crippen molar-refractivity contribution in [2.24, 2.45) is 0 Å². The van der Waals surface area contributed by atoms with E-state index in [4.69, 9.17) is 4.74 Å². The molecule has 1 N–H and O–H groups in total. The molecule has 15 heavy (non-hydrogen) atoms. The quantitative estimate of drug-likeness (QED) is 0.541. The topological polar surface area (TPSA) is 41.6 Å². The van der Waals surface area contributed by atoms with Crippen molar-refractivity contribution >= 4 is 17.9 Å². The minimum Gasteiger partial charge on any atom is -0.374 e. The molecule has 1 rings (SSSR count). The van der Waals surface area contributed by atoms with Crippen molar-refractivity contribution in [3.05, 3.63) is 0 Å². The highest BCUT2D eigenvalue weighted by molar-refractivity contribution is 7.96. The highest BCUT2D eigenvalue weighted by Crippen LogP contribution is 2.03. The predicted octanol–water partition coefficient (Wildman–Crippen LogP) is 0.350. The zero-order chi connectivity index (χ0) is 11.1. The fraction of sp³-hybridized carbons (Fsp3) is 0.700. The fourth-order valence-electron chi connectivity index (χ4n) is 1.44. The lowest BCUT2D eigenvalue weighted by Gasteiger charge is -2.31. The van der Waals surface area contributed by atoms with Crippen LogP contribution in [0.3, 0.4) is 0 Å². The number of thiol groups is 1. The van der Waals surface area contributed by atoms with E-state index in [0.29, 0.717) is 13.2 Å². The minimum atomic E-state index is -0.316. The number of rotatable bonds is 3. The second-order valence-corrected chi connectivity index (χ2v) is 3.75. The summed E-state index contributed by atoms with van der Waals surface area (Å²) in [4.78, 5) is 12.8. The first-order chi connectivity index (χ1) is 7.22. The Labute approximate surface area is 95.8 Å². The third-order valence-electron chi connectivity index (χ3n) is 2.18. The Morgan fingerprint density at radius 3 is 3.20 bits per heavy atom. The van der Waals surface area contributed by atoms with Gasteiger partial charge in [-0.1, -0.05) is 18.5 Å². The SMILES string of the molecule is CC#CCN1CCO[C@H](CNC(=O)S)C1. The van der Waals surface area contributed by atoms with Gasteiger partial charge in [-0.2, -0.15) is 0 Å². The molecule has 0 aromatic carbocycles. The first-order valence-corrected chi connectivity index (χ1v) is 5.37. The number of amides is 1. The molecular weight excluding hydrogens is 212 g/mol. The maximum absolute atomic E-state index is 10.6. The van der Waals surface area contributed by atoms with E-state index < -0.39 is 0 Å². The molecule has 1 amide bonds. The van der Waals surface area contributed by atoms with Gasteiger partial charge in [0.1, 0.15) is 0 Å². The molecule has 5 heteroatoms. The first kappa shape index (κ1) is 12.4. The van der Waals surface area contributed by atoms with Gasteiger partial charge >= 0.3 is 0 Å². The van der Waals surface area contributed by atoms with Gasteiger partial charge in [-0.05, 0) is 6.92 Å². The van der Waals surface area contributed by atoms with E-state index in [9.17, 15) is 4.79 Å². The van der Waals surface area contributed by atoms with Crippen molar-refractivity contribution in [2.75, 3.05) is 32.8 Å². The molecule has 1 aliphatic rings. The number of hydrogen-bond acceptors (Lipinski definition) is 3. The molecule has 0 aromatic heterocycles. The second-order valence-electron chi connectivity index (χ2n) is 3.34. The summed E-state index contributed by atoms with van der Waals surface area (Å²) in [5.41, 5.74) is 0. The van der Waals surface area contributed by atoms with E-state index in [1.54, 1.807) is 0 Å². The van der Waals surface area contributed by atoms with Crippen LogP contribution in [0.5, 0.6) is 0 Å². The standard InChI is InChI=1S/C10H16N2O2S/c1-2-3-4-12-5-6-14-9(8-12)7-11-10(13)15/h9H,4-8H2,1H3,(H2,11,13,15)/t9-/m1/s1. The molecular formula is C10H16N2O2S. The normalized spacial score (nSPS) is 21.6. The Kier molecular flexibility index (Phi) is 5.54. The van der Waals surface area contributed by atoms with Gasteiger partial charge in [0.25, 0.3) is 5.24 Å². The van der Waals surface area contributed by atoms with Crippen LogP contribution in [-0.2, 0) is 4.74 Å². The van der Waals surface area contributed by atoms with E-state index in [1.165, 1.54) is 0 Å². The summed E-state index contributed by atoms with van der Waals surface area (Å²) in [6.45, 7) is 5.52. The Bertz CT molecular complexity index is 272. The summed E-state index contributed by atoms with van der Waals surface area (Å²) in [6.07, 6.45) is 0.0495. The molecule has 0 aliphatic carbocycles. The summed E-state index contributed by atoms with van der Waals surface area (Å²) in [7, 11) is 0.